The molecule has 1 unspecified atom stereocenters. The Morgan fingerprint density at radius 1 is 0.897 bits per heavy atom. The number of carbonyl (C=O) groups excluding carboxylic acids is 2. The summed E-state index contributed by atoms with van der Waals surface area (Å²) >= 11 is 0. The van der Waals surface area contributed by atoms with Gasteiger partial charge in [-0.05, 0) is 73.9 Å². The van der Waals surface area contributed by atoms with Gasteiger partial charge in [0.2, 0.25) is 0 Å². The highest BCUT2D eigenvalue weighted by atomic mass is 16.5. The van der Waals surface area contributed by atoms with Crippen molar-refractivity contribution in [1.29, 1.82) is 0 Å². The Morgan fingerprint density at radius 2 is 1.64 bits per heavy atom. The van der Waals surface area contributed by atoms with Gasteiger partial charge in [0.15, 0.2) is 11.5 Å². The second-order valence-electron chi connectivity index (χ2n) is 9.04. The fourth-order valence-electron chi connectivity index (χ4n) is 4.65. The van der Waals surface area contributed by atoms with Crippen LogP contribution in [0.4, 0.5) is 5.69 Å². The molecule has 0 saturated carbocycles. The van der Waals surface area contributed by atoms with Crippen molar-refractivity contribution < 1.29 is 33.6 Å². The zero-order valence-electron chi connectivity index (χ0n) is 22.8. The first-order valence-electron chi connectivity index (χ1n) is 12.8. The van der Waals surface area contributed by atoms with E-state index >= 15 is 0 Å². The van der Waals surface area contributed by atoms with Gasteiger partial charge in [0, 0.05) is 17.3 Å². The van der Waals surface area contributed by atoms with Crippen LogP contribution in [0, 0.1) is 6.92 Å². The number of hydrogen-bond donors (Lipinski definition) is 1. The molecule has 0 aliphatic carbocycles. The highest BCUT2D eigenvalue weighted by Crippen LogP contribution is 2.44. The summed E-state index contributed by atoms with van der Waals surface area (Å²) in [5.74, 6) is 0.343. The standard InChI is InChI=1S/C31H33NO7/c1-6-15-39-24-13-12-21(16-19(24)3)29(33)27-28(20-11-14-25(36-4)26(17-20)37-5)32(31(35)30(27)34)22-9-8-10-23(18-22)38-7-2/h8-14,16-18,28,33H,6-7,15H2,1-5H3/b29-27-. The van der Waals surface area contributed by atoms with Crippen LogP contribution in [0.2, 0.25) is 0 Å². The van der Waals surface area contributed by atoms with Crippen LogP contribution in [0.25, 0.3) is 5.76 Å². The molecule has 3 aromatic carbocycles. The van der Waals surface area contributed by atoms with Crippen molar-refractivity contribution >= 4 is 23.1 Å². The predicted molar refractivity (Wildman–Crippen MR) is 149 cm³/mol. The summed E-state index contributed by atoms with van der Waals surface area (Å²) in [5, 5.41) is 11.5. The van der Waals surface area contributed by atoms with E-state index in [0.29, 0.717) is 53.0 Å². The molecule has 3 aromatic rings. The van der Waals surface area contributed by atoms with Crippen molar-refractivity contribution in [1.82, 2.24) is 0 Å². The molecular weight excluding hydrogens is 498 g/mol. The molecule has 1 aliphatic heterocycles. The summed E-state index contributed by atoms with van der Waals surface area (Å²) in [6, 6.07) is 16.4. The second-order valence-corrected chi connectivity index (χ2v) is 9.04. The number of aliphatic hydroxyl groups is 1. The zero-order chi connectivity index (χ0) is 28.1. The molecule has 4 rings (SSSR count). The first-order chi connectivity index (χ1) is 18.8. The molecule has 1 heterocycles. The Bertz CT molecular complexity index is 1410. The SMILES string of the molecule is CCCOc1ccc(/C(O)=C2/C(=O)C(=O)N(c3cccc(OCC)c3)C2c2ccc(OC)c(OC)c2)cc1C. The Hall–Kier alpha value is -4.46. The highest BCUT2D eigenvalue weighted by molar-refractivity contribution is 6.51. The van der Waals surface area contributed by atoms with E-state index in [2.05, 4.69) is 0 Å². The van der Waals surface area contributed by atoms with Gasteiger partial charge in [-0.25, -0.2) is 0 Å². The third-order valence-electron chi connectivity index (χ3n) is 6.48. The number of aliphatic hydroxyl groups excluding tert-OH is 1. The molecule has 1 N–H and O–H groups in total. The fraction of sp³-hybridized carbons (Fsp3) is 0.290. The summed E-state index contributed by atoms with van der Waals surface area (Å²) in [7, 11) is 3.04. The van der Waals surface area contributed by atoms with Crippen LogP contribution in [0.15, 0.2) is 66.2 Å². The maximum absolute atomic E-state index is 13.5. The van der Waals surface area contributed by atoms with E-state index in [1.54, 1.807) is 60.7 Å². The van der Waals surface area contributed by atoms with Gasteiger partial charge in [0.25, 0.3) is 11.7 Å². The van der Waals surface area contributed by atoms with Crippen LogP contribution in [-0.2, 0) is 9.59 Å². The number of methoxy groups -OCH3 is 2. The van der Waals surface area contributed by atoms with Gasteiger partial charge in [-0.2, -0.15) is 0 Å². The van der Waals surface area contributed by atoms with Crippen LogP contribution >= 0.6 is 0 Å². The monoisotopic (exact) mass is 531 g/mol. The molecule has 204 valence electrons. The first-order valence-corrected chi connectivity index (χ1v) is 12.8. The number of benzene rings is 3. The number of ketones is 1. The summed E-state index contributed by atoms with van der Waals surface area (Å²) < 4.78 is 22.3. The van der Waals surface area contributed by atoms with E-state index in [9.17, 15) is 14.7 Å². The summed E-state index contributed by atoms with van der Waals surface area (Å²) in [4.78, 5) is 28.5. The molecule has 1 atom stereocenters. The lowest BCUT2D eigenvalue weighted by Crippen LogP contribution is -2.29. The van der Waals surface area contributed by atoms with Gasteiger partial charge in [-0.3, -0.25) is 14.5 Å². The van der Waals surface area contributed by atoms with Gasteiger partial charge >= 0.3 is 0 Å². The van der Waals surface area contributed by atoms with Crippen molar-refractivity contribution in [3.8, 4) is 23.0 Å². The van der Waals surface area contributed by atoms with E-state index in [-0.39, 0.29) is 11.3 Å². The lowest BCUT2D eigenvalue weighted by Gasteiger charge is -2.26. The van der Waals surface area contributed by atoms with Crippen LogP contribution in [-0.4, -0.2) is 44.2 Å². The van der Waals surface area contributed by atoms with E-state index in [1.807, 2.05) is 20.8 Å². The van der Waals surface area contributed by atoms with Gasteiger partial charge in [-0.15, -0.1) is 0 Å². The van der Waals surface area contributed by atoms with Gasteiger partial charge in [0.05, 0.1) is 39.0 Å². The Morgan fingerprint density at radius 3 is 2.31 bits per heavy atom. The molecule has 1 saturated heterocycles. The number of aryl methyl sites for hydroxylation is 1. The molecule has 39 heavy (non-hydrogen) atoms. The first kappa shape index (κ1) is 27.6. The van der Waals surface area contributed by atoms with Gasteiger partial charge in [0.1, 0.15) is 17.3 Å². The third kappa shape index (κ3) is 5.41. The average molecular weight is 532 g/mol. The largest absolute Gasteiger partial charge is 0.507 e. The minimum Gasteiger partial charge on any atom is -0.507 e. The van der Waals surface area contributed by atoms with Crippen LogP contribution in [0.5, 0.6) is 23.0 Å². The number of anilines is 1. The summed E-state index contributed by atoms with van der Waals surface area (Å²) in [6.07, 6.45) is 0.862. The van der Waals surface area contributed by atoms with Crippen LogP contribution in [0.3, 0.4) is 0 Å². The number of hydrogen-bond acceptors (Lipinski definition) is 7. The number of carbonyl (C=O) groups is 2. The van der Waals surface area contributed by atoms with Crippen LogP contribution < -0.4 is 23.8 Å². The van der Waals surface area contributed by atoms with Crippen molar-refractivity contribution in [2.45, 2.75) is 33.2 Å². The van der Waals surface area contributed by atoms with Crippen molar-refractivity contribution in [3.63, 3.8) is 0 Å². The van der Waals surface area contributed by atoms with E-state index < -0.39 is 17.7 Å². The van der Waals surface area contributed by atoms with Gasteiger partial charge in [-0.1, -0.05) is 19.1 Å². The predicted octanol–water partition coefficient (Wildman–Crippen LogP) is 5.83. The fourth-order valence-corrected chi connectivity index (χ4v) is 4.65. The Balaban J connectivity index is 1.91. The zero-order valence-corrected chi connectivity index (χ0v) is 22.8. The molecule has 1 aliphatic rings. The molecule has 1 amide bonds. The molecule has 8 nitrogen and oxygen atoms in total. The minimum absolute atomic E-state index is 0.0318. The van der Waals surface area contributed by atoms with E-state index in [0.717, 1.165) is 12.0 Å². The maximum Gasteiger partial charge on any atom is 0.300 e. The highest BCUT2D eigenvalue weighted by Gasteiger charge is 2.47. The molecule has 0 bridgehead atoms. The number of rotatable bonds is 10. The number of Topliss-reactive ketones (excluding diaryl/α,β-unsaturated/α-hetero) is 1. The number of ether oxygens (including phenoxy) is 4. The maximum atomic E-state index is 13.5. The third-order valence-corrected chi connectivity index (χ3v) is 6.48. The lowest BCUT2D eigenvalue weighted by atomic mass is 9.94. The van der Waals surface area contributed by atoms with E-state index in [4.69, 9.17) is 18.9 Å². The Kier molecular flexibility index (Phi) is 8.44. The average Bonchev–Trinajstić information content (AvgIpc) is 3.21. The second kappa shape index (κ2) is 11.9. The molecule has 0 spiro atoms. The molecular formula is C31H33NO7. The minimum atomic E-state index is -0.932. The topological polar surface area (TPSA) is 94.5 Å². The van der Waals surface area contributed by atoms with Crippen LogP contribution in [0.1, 0.15) is 43.0 Å². The molecule has 0 aromatic heterocycles. The van der Waals surface area contributed by atoms with Crippen molar-refractivity contribution in [2.24, 2.45) is 0 Å². The smallest absolute Gasteiger partial charge is 0.300 e. The Labute approximate surface area is 228 Å². The number of nitrogens with zero attached hydrogens (tertiary/aromatic N) is 1. The normalized spacial score (nSPS) is 16.3. The quantitative estimate of drug-likeness (QED) is 0.200. The molecule has 8 heteroatoms. The molecule has 0 radical (unpaired) electrons. The summed E-state index contributed by atoms with van der Waals surface area (Å²) in [6.45, 7) is 6.76. The van der Waals surface area contributed by atoms with Gasteiger partial charge < -0.3 is 24.1 Å². The molecule has 1 fully saturated rings. The van der Waals surface area contributed by atoms with E-state index in [1.165, 1.54) is 19.1 Å². The number of amides is 1. The summed E-state index contributed by atoms with van der Waals surface area (Å²) in [5.41, 5.74) is 2.20. The lowest BCUT2D eigenvalue weighted by molar-refractivity contribution is -0.132. The van der Waals surface area contributed by atoms with Crippen molar-refractivity contribution in [2.75, 3.05) is 32.3 Å². The van der Waals surface area contributed by atoms with Crippen molar-refractivity contribution in [3.05, 3.63) is 82.9 Å².